The Bertz CT molecular complexity index is 931. The highest BCUT2D eigenvalue weighted by atomic mass is 32.1. The SMILES string of the molecule is CN=C(NCCc1nc(C(F)(F)F)cs1)NCc1ccnc2ccccc12. The third kappa shape index (κ3) is 4.94. The average molecular weight is 393 g/mol. The van der Waals surface area contributed by atoms with Crippen molar-refractivity contribution in [1.29, 1.82) is 0 Å². The normalized spacial score (nSPS) is 12.4. The van der Waals surface area contributed by atoms with Crippen molar-refractivity contribution in [2.45, 2.75) is 19.1 Å². The number of fused-ring (bicyclic) bond motifs is 1. The van der Waals surface area contributed by atoms with Crippen LogP contribution in [0.4, 0.5) is 13.2 Å². The number of aliphatic imine (C=N–C) groups is 1. The third-order valence-corrected chi connectivity index (χ3v) is 4.79. The average Bonchev–Trinajstić information content (AvgIpc) is 3.14. The van der Waals surface area contributed by atoms with Crippen molar-refractivity contribution in [1.82, 2.24) is 20.6 Å². The predicted octanol–water partition coefficient (Wildman–Crippen LogP) is 3.62. The molecule has 3 aromatic rings. The number of hydrogen-bond donors (Lipinski definition) is 2. The van der Waals surface area contributed by atoms with E-state index >= 15 is 0 Å². The van der Waals surface area contributed by atoms with Crippen LogP contribution < -0.4 is 10.6 Å². The number of hydrogen-bond acceptors (Lipinski definition) is 4. The van der Waals surface area contributed by atoms with Crippen molar-refractivity contribution >= 4 is 28.2 Å². The topological polar surface area (TPSA) is 62.2 Å². The Morgan fingerprint density at radius 1 is 1.19 bits per heavy atom. The maximum atomic E-state index is 12.6. The standard InChI is InChI=1S/C18H18F3N5S/c1-22-17(24-9-7-16-26-15(11-27-16)18(19,20)21)25-10-12-6-8-23-14-5-3-2-4-13(12)14/h2-6,8,11H,7,9-10H2,1H3,(H2,22,24,25). The summed E-state index contributed by atoms with van der Waals surface area (Å²) < 4.78 is 37.7. The first-order valence-electron chi connectivity index (χ1n) is 8.26. The molecule has 27 heavy (non-hydrogen) atoms. The lowest BCUT2D eigenvalue weighted by atomic mass is 10.1. The fourth-order valence-electron chi connectivity index (χ4n) is 2.55. The second kappa shape index (κ2) is 8.34. The first-order valence-corrected chi connectivity index (χ1v) is 9.14. The Labute approximate surface area is 158 Å². The third-order valence-electron chi connectivity index (χ3n) is 3.88. The molecule has 0 spiro atoms. The van der Waals surface area contributed by atoms with Gasteiger partial charge in [-0.15, -0.1) is 11.3 Å². The Balaban J connectivity index is 1.53. The summed E-state index contributed by atoms with van der Waals surface area (Å²) in [5.74, 6) is 0.573. The zero-order chi connectivity index (χ0) is 19.3. The number of rotatable bonds is 5. The lowest BCUT2D eigenvalue weighted by Gasteiger charge is -2.12. The molecule has 0 bridgehead atoms. The molecule has 0 aliphatic heterocycles. The lowest BCUT2D eigenvalue weighted by Crippen LogP contribution is -2.37. The molecule has 0 amide bonds. The van der Waals surface area contributed by atoms with Crippen LogP contribution in [0, 0.1) is 0 Å². The molecule has 0 atom stereocenters. The first-order chi connectivity index (χ1) is 13.0. The molecular weight excluding hydrogens is 375 g/mol. The minimum atomic E-state index is -4.40. The zero-order valence-electron chi connectivity index (χ0n) is 14.5. The largest absolute Gasteiger partial charge is 0.434 e. The van der Waals surface area contributed by atoms with E-state index in [9.17, 15) is 13.2 Å². The van der Waals surface area contributed by atoms with Crippen LogP contribution in [0.1, 0.15) is 16.3 Å². The van der Waals surface area contributed by atoms with Gasteiger partial charge < -0.3 is 10.6 Å². The summed E-state index contributed by atoms with van der Waals surface area (Å²) in [6.45, 7) is 0.986. The Morgan fingerprint density at radius 3 is 2.74 bits per heavy atom. The van der Waals surface area contributed by atoms with Gasteiger partial charge in [0.1, 0.15) is 0 Å². The molecule has 2 aromatic heterocycles. The second-order valence-electron chi connectivity index (χ2n) is 5.71. The summed E-state index contributed by atoms with van der Waals surface area (Å²) in [6, 6.07) is 9.81. The monoisotopic (exact) mass is 393 g/mol. The smallest absolute Gasteiger partial charge is 0.356 e. The van der Waals surface area contributed by atoms with Gasteiger partial charge in [-0.05, 0) is 17.7 Å². The quantitative estimate of drug-likeness (QED) is 0.513. The van der Waals surface area contributed by atoms with Gasteiger partial charge in [0.15, 0.2) is 11.7 Å². The van der Waals surface area contributed by atoms with E-state index < -0.39 is 11.9 Å². The lowest BCUT2D eigenvalue weighted by molar-refractivity contribution is -0.140. The van der Waals surface area contributed by atoms with Crippen LogP contribution in [0.2, 0.25) is 0 Å². The predicted molar refractivity (Wildman–Crippen MR) is 101 cm³/mol. The number of guanidine groups is 1. The van der Waals surface area contributed by atoms with Crippen LogP contribution >= 0.6 is 11.3 Å². The molecule has 9 heteroatoms. The maximum Gasteiger partial charge on any atom is 0.434 e. The van der Waals surface area contributed by atoms with Crippen molar-refractivity contribution < 1.29 is 13.2 Å². The Morgan fingerprint density at radius 2 is 2.00 bits per heavy atom. The molecule has 0 aliphatic rings. The van der Waals surface area contributed by atoms with Gasteiger partial charge in [-0.25, -0.2) is 4.98 Å². The van der Waals surface area contributed by atoms with Gasteiger partial charge in [-0.1, -0.05) is 18.2 Å². The molecule has 0 fully saturated rings. The maximum absolute atomic E-state index is 12.6. The van der Waals surface area contributed by atoms with Gasteiger partial charge in [0.2, 0.25) is 0 Å². The summed E-state index contributed by atoms with van der Waals surface area (Å²) in [7, 11) is 1.64. The van der Waals surface area contributed by atoms with E-state index in [2.05, 4.69) is 25.6 Å². The fraction of sp³-hybridized carbons (Fsp3) is 0.278. The molecule has 1 aromatic carbocycles. The molecular formula is C18H18F3N5S. The molecule has 0 aliphatic carbocycles. The van der Waals surface area contributed by atoms with Gasteiger partial charge in [0.25, 0.3) is 0 Å². The molecule has 2 N–H and O–H groups in total. The molecule has 0 saturated carbocycles. The number of nitrogens with one attached hydrogen (secondary N) is 2. The van der Waals surface area contributed by atoms with Crippen LogP contribution in [-0.2, 0) is 19.1 Å². The minimum absolute atomic E-state index is 0.389. The van der Waals surface area contributed by atoms with Crippen LogP contribution in [0.5, 0.6) is 0 Å². The molecule has 3 rings (SSSR count). The van der Waals surface area contributed by atoms with E-state index in [-0.39, 0.29) is 0 Å². The van der Waals surface area contributed by atoms with Crippen molar-refractivity contribution in [3.63, 3.8) is 0 Å². The number of nitrogens with zero attached hydrogens (tertiary/aromatic N) is 3. The number of benzene rings is 1. The number of thiazole rings is 1. The second-order valence-corrected chi connectivity index (χ2v) is 6.66. The number of alkyl halides is 3. The molecule has 2 heterocycles. The van der Waals surface area contributed by atoms with Crippen molar-refractivity contribution in [2.24, 2.45) is 4.99 Å². The summed E-state index contributed by atoms with van der Waals surface area (Å²) in [6.07, 6.45) is -2.25. The highest BCUT2D eigenvalue weighted by Crippen LogP contribution is 2.30. The first kappa shape index (κ1) is 19.1. The van der Waals surface area contributed by atoms with E-state index in [1.807, 2.05) is 30.3 Å². The van der Waals surface area contributed by atoms with Gasteiger partial charge in [-0.2, -0.15) is 13.2 Å². The number of aromatic nitrogens is 2. The van der Waals surface area contributed by atoms with Crippen LogP contribution in [0.3, 0.4) is 0 Å². The van der Waals surface area contributed by atoms with E-state index in [1.165, 1.54) is 0 Å². The summed E-state index contributed by atoms with van der Waals surface area (Å²) in [5.41, 5.74) is 1.16. The molecule has 0 unspecified atom stereocenters. The summed E-state index contributed by atoms with van der Waals surface area (Å²) in [4.78, 5) is 12.1. The molecule has 5 nitrogen and oxygen atoms in total. The molecule has 142 valence electrons. The Hall–Kier alpha value is -2.68. The number of halogens is 3. The van der Waals surface area contributed by atoms with Crippen molar-refractivity contribution in [3.05, 3.63) is 58.2 Å². The summed E-state index contributed by atoms with van der Waals surface area (Å²) in [5, 5.41) is 8.84. The van der Waals surface area contributed by atoms with Gasteiger partial charge in [-0.3, -0.25) is 9.98 Å². The van der Waals surface area contributed by atoms with Crippen molar-refractivity contribution in [3.8, 4) is 0 Å². The Kier molecular flexibility index (Phi) is 5.90. The van der Waals surface area contributed by atoms with E-state index in [0.29, 0.717) is 30.5 Å². The van der Waals surface area contributed by atoms with Gasteiger partial charge in [0.05, 0.1) is 10.5 Å². The highest BCUT2D eigenvalue weighted by molar-refractivity contribution is 7.09. The van der Waals surface area contributed by atoms with E-state index in [4.69, 9.17) is 0 Å². The van der Waals surface area contributed by atoms with Crippen molar-refractivity contribution in [2.75, 3.05) is 13.6 Å². The molecule has 0 radical (unpaired) electrons. The van der Waals surface area contributed by atoms with E-state index in [1.54, 1.807) is 13.2 Å². The van der Waals surface area contributed by atoms with Crippen LogP contribution in [0.15, 0.2) is 46.9 Å². The van der Waals surface area contributed by atoms with Crippen LogP contribution in [0.25, 0.3) is 10.9 Å². The van der Waals surface area contributed by atoms with Gasteiger partial charge >= 0.3 is 6.18 Å². The van der Waals surface area contributed by atoms with Gasteiger partial charge in [0, 0.05) is 43.5 Å². The zero-order valence-corrected chi connectivity index (χ0v) is 15.4. The molecule has 0 saturated heterocycles. The minimum Gasteiger partial charge on any atom is -0.356 e. The van der Waals surface area contributed by atoms with Crippen LogP contribution in [-0.4, -0.2) is 29.5 Å². The summed E-state index contributed by atoms with van der Waals surface area (Å²) >= 11 is 1.01. The van der Waals surface area contributed by atoms with E-state index in [0.717, 1.165) is 33.2 Å². The highest BCUT2D eigenvalue weighted by Gasteiger charge is 2.33. The fourth-order valence-corrected chi connectivity index (χ4v) is 3.36. The number of para-hydroxylation sites is 1. The number of pyridine rings is 1.